The summed E-state index contributed by atoms with van der Waals surface area (Å²) >= 11 is 0. The van der Waals surface area contributed by atoms with Crippen LogP contribution >= 0.6 is 0 Å². The Bertz CT molecular complexity index is 1130. The number of nitrogens with one attached hydrogen (secondary N) is 1. The van der Waals surface area contributed by atoms with Crippen molar-refractivity contribution in [2.45, 2.75) is 64.7 Å². The molecule has 0 saturated heterocycles. The highest BCUT2D eigenvalue weighted by molar-refractivity contribution is 5.75. The van der Waals surface area contributed by atoms with Gasteiger partial charge in [0.05, 0.1) is 18.8 Å². The predicted molar refractivity (Wildman–Crippen MR) is 128 cm³/mol. The lowest BCUT2D eigenvalue weighted by molar-refractivity contribution is -0.136. The van der Waals surface area contributed by atoms with E-state index in [2.05, 4.69) is 15.3 Å². The van der Waals surface area contributed by atoms with E-state index in [1.54, 1.807) is 25.1 Å². The molecule has 1 aromatic carbocycles. The Labute approximate surface area is 203 Å². The smallest absolute Gasteiger partial charge is 0.389 e. The lowest BCUT2D eigenvalue weighted by Crippen LogP contribution is -2.46. The molecule has 2 amide bonds. The van der Waals surface area contributed by atoms with Crippen LogP contribution < -0.4 is 10.1 Å². The van der Waals surface area contributed by atoms with E-state index < -0.39 is 18.6 Å². The first kappa shape index (κ1) is 26.3. The van der Waals surface area contributed by atoms with Crippen LogP contribution in [0.15, 0.2) is 42.9 Å². The fraction of sp³-hybridized carbons (Fsp3) is 0.480. The average molecular weight is 492 g/mol. The summed E-state index contributed by atoms with van der Waals surface area (Å²) in [6.07, 6.45) is 1.17. The molecule has 0 saturated carbocycles. The molecule has 0 radical (unpaired) electrons. The van der Waals surface area contributed by atoms with E-state index >= 15 is 0 Å². The predicted octanol–water partition coefficient (Wildman–Crippen LogP) is 6.01. The maximum Gasteiger partial charge on any atom is 0.389 e. The molecule has 2 unspecified atom stereocenters. The van der Waals surface area contributed by atoms with Crippen LogP contribution in [-0.4, -0.2) is 51.2 Å². The molecule has 35 heavy (non-hydrogen) atoms. The van der Waals surface area contributed by atoms with Crippen LogP contribution in [-0.2, 0) is 0 Å². The molecule has 0 fully saturated rings. The summed E-state index contributed by atoms with van der Waals surface area (Å²) in [6, 6.07) is 6.51. The summed E-state index contributed by atoms with van der Waals surface area (Å²) in [5, 5.41) is 2.80. The molecule has 1 N–H and O–H groups in total. The number of halogens is 3. The van der Waals surface area contributed by atoms with Crippen LogP contribution in [0.3, 0.4) is 0 Å². The van der Waals surface area contributed by atoms with Crippen LogP contribution in [0.1, 0.15) is 58.1 Å². The van der Waals surface area contributed by atoms with Crippen molar-refractivity contribution < 1.29 is 22.7 Å². The number of methoxy groups -OCH3 is 1. The summed E-state index contributed by atoms with van der Waals surface area (Å²) in [5.41, 5.74) is 3.03. The molecule has 7 nitrogen and oxygen atoms in total. The first-order chi connectivity index (χ1) is 16.7. The highest BCUT2D eigenvalue weighted by Crippen LogP contribution is 2.28. The Morgan fingerprint density at radius 3 is 2.71 bits per heavy atom. The van der Waals surface area contributed by atoms with Crippen LogP contribution in [0.4, 0.5) is 18.0 Å². The normalized spacial score (nSPS) is 13.5. The zero-order valence-corrected chi connectivity index (χ0v) is 20.5. The van der Waals surface area contributed by atoms with Crippen molar-refractivity contribution in [3.8, 4) is 17.1 Å². The zero-order chi connectivity index (χ0) is 25.6. The van der Waals surface area contributed by atoms with Gasteiger partial charge in [-0.25, -0.2) is 14.8 Å². The average Bonchev–Trinajstić information content (AvgIpc) is 3.32. The first-order valence-corrected chi connectivity index (χ1v) is 11.8. The van der Waals surface area contributed by atoms with E-state index in [0.717, 1.165) is 11.1 Å². The number of ether oxygens (including phenoxy) is 1. The van der Waals surface area contributed by atoms with E-state index in [1.165, 1.54) is 0 Å². The highest BCUT2D eigenvalue weighted by Gasteiger charge is 2.29. The lowest BCUT2D eigenvalue weighted by atomic mass is 10.0. The summed E-state index contributed by atoms with van der Waals surface area (Å²) in [4.78, 5) is 23.6. The quantitative estimate of drug-likeness (QED) is 0.377. The van der Waals surface area contributed by atoms with Crippen LogP contribution in [0.2, 0.25) is 0 Å². The van der Waals surface area contributed by atoms with Crippen molar-refractivity contribution in [3.63, 3.8) is 0 Å². The molecule has 3 rings (SSSR count). The Kier molecular flexibility index (Phi) is 8.58. The SMILES string of the molecule is CCCN(C(=O)NC(CC)CCC(F)(F)F)C(C)c1cccc(-c2cn3ccnc3c(OC)n2)c1. The molecule has 3 aromatic rings. The fourth-order valence-corrected chi connectivity index (χ4v) is 4.00. The third-order valence-corrected chi connectivity index (χ3v) is 5.99. The Morgan fingerprint density at radius 1 is 1.29 bits per heavy atom. The number of rotatable bonds is 10. The largest absolute Gasteiger partial charge is 0.478 e. The maximum atomic E-state index is 13.1. The van der Waals surface area contributed by atoms with Crippen LogP contribution in [0, 0.1) is 0 Å². The van der Waals surface area contributed by atoms with E-state index in [-0.39, 0.29) is 18.5 Å². The number of aromatic nitrogens is 3. The van der Waals surface area contributed by atoms with Gasteiger partial charge in [0.25, 0.3) is 5.88 Å². The number of hydrogen-bond donors (Lipinski definition) is 1. The second kappa shape index (κ2) is 11.4. The Morgan fingerprint density at radius 2 is 2.06 bits per heavy atom. The number of hydrogen-bond acceptors (Lipinski definition) is 4. The molecule has 0 spiro atoms. The molecule has 190 valence electrons. The number of fused-ring (bicyclic) bond motifs is 1. The van der Waals surface area contributed by atoms with E-state index in [4.69, 9.17) is 4.74 Å². The number of amides is 2. The maximum absolute atomic E-state index is 13.1. The molecular weight excluding hydrogens is 459 g/mol. The number of imidazole rings is 1. The Hall–Kier alpha value is -3.30. The van der Waals surface area contributed by atoms with Crippen LogP contribution in [0.5, 0.6) is 5.88 Å². The van der Waals surface area contributed by atoms with Gasteiger partial charge in [-0.2, -0.15) is 13.2 Å². The molecular formula is C25H32F3N5O2. The van der Waals surface area contributed by atoms with Gasteiger partial charge < -0.3 is 19.4 Å². The van der Waals surface area contributed by atoms with Gasteiger partial charge in [0.1, 0.15) is 0 Å². The second-order valence-electron chi connectivity index (χ2n) is 8.50. The van der Waals surface area contributed by atoms with Gasteiger partial charge in [0.2, 0.25) is 0 Å². The van der Waals surface area contributed by atoms with Crippen molar-refractivity contribution in [1.29, 1.82) is 0 Å². The number of urea groups is 1. The van der Waals surface area contributed by atoms with Gasteiger partial charge in [0.15, 0.2) is 5.65 Å². The van der Waals surface area contributed by atoms with Gasteiger partial charge in [-0.3, -0.25) is 0 Å². The van der Waals surface area contributed by atoms with Crippen LogP contribution in [0.25, 0.3) is 16.9 Å². The number of carbonyl (C=O) groups is 1. The number of carbonyl (C=O) groups excluding carboxylic acids is 1. The third kappa shape index (κ3) is 6.64. The van der Waals surface area contributed by atoms with Gasteiger partial charge in [0, 0.05) is 43.2 Å². The van der Waals surface area contributed by atoms with Crippen molar-refractivity contribution in [1.82, 2.24) is 24.6 Å². The van der Waals surface area contributed by atoms with Crippen molar-refractivity contribution >= 4 is 11.7 Å². The zero-order valence-electron chi connectivity index (χ0n) is 20.5. The molecule has 10 heteroatoms. The minimum atomic E-state index is -4.24. The monoisotopic (exact) mass is 491 g/mol. The standard InChI is InChI=1S/C25H32F3N5O2/c1-5-13-33(24(34)30-20(6-2)10-11-25(26,27)28)17(3)18-8-7-9-19(15-18)21-16-32-14-12-29-22(32)23(31-21)35-4/h7-9,12,14-17,20H,5-6,10-11,13H2,1-4H3,(H,30,34). The van der Waals surface area contributed by atoms with Gasteiger partial charge in [-0.15, -0.1) is 0 Å². The van der Waals surface area contributed by atoms with Crippen molar-refractivity contribution in [3.05, 3.63) is 48.4 Å². The number of benzene rings is 1. The molecule has 2 atom stereocenters. The molecule has 0 bridgehead atoms. The summed E-state index contributed by atoms with van der Waals surface area (Å²) in [6.45, 7) is 6.12. The van der Waals surface area contributed by atoms with Gasteiger partial charge in [-0.1, -0.05) is 32.0 Å². The number of alkyl halides is 3. The fourth-order valence-electron chi connectivity index (χ4n) is 4.00. The van der Waals surface area contributed by atoms with Crippen molar-refractivity contribution in [2.24, 2.45) is 0 Å². The molecule has 0 aliphatic carbocycles. The van der Waals surface area contributed by atoms with E-state index in [0.29, 0.717) is 36.6 Å². The van der Waals surface area contributed by atoms with E-state index in [9.17, 15) is 18.0 Å². The first-order valence-electron chi connectivity index (χ1n) is 11.8. The second-order valence-corrected chi connectivity index (χ2v) is 8.50. The summed E-state index contributed by atoms with van der Waals surface area (Å²) in [5.74, 6) is 0.405. The van der Waals surface area contributed by atoms with Crippen molar-refractivity contribution in [2.75, 3.05) is 13.7 Å². The minimum absolute atomic E-state index is 0.139. The van der Waals surface area contributed by atoms with E-state index in [1.807, 2.05) is 54.9 Å². The molecule has 0 aliphatic rings. The summed E-state index contributed by atoms with van der Waals surface area (Å²) < 4.78 is 45.2. The molecule has 2 heterocycles. The minimum Gasteiger partial charge on any atom is -0.478 e. The highest BCUT2D eigenvalue weighted by atomic mass is 19.4. The topological polar surface area (TPSA) is 71.8 Å². The molecule has 2 aromatic heterocycles. The Balaban J connectivity index is 1.83. The van der Waals surface area contributed by atoms with Gasteiger partial charge in [-0.05, 0) is 37.8 Å². The van der Waals surface area contributed by atoms with Gasteiger partial charge >= 0.3 is 12.2 Å². The lowest BCUT2D eigenvalue weighted by Gasteiger charge is -2.31. The number of nitrogens with zero attached hydrogens (tertiary/aromatic N) is 4. The third-order valence-electron chi connectivity index (χ3n) is 5.99. The summed E-state index contributed by atoms with van der Waals surface area (Å²) in [7, 11) is 1.54. The molecule has 0 aliphatic heterocycles.